The Morgan fingerprint density at radius 3 is 2.25 bits per heavy atom. The minimum Gasteiger partial charge on any atom is -0.399 e. The fraction of sp³-hybridized carbons (Fsp3) is 0.333. The van der Waals surface area contributed by atoms with Gasteiger partial charge in [0.05, 0.1) is 0 Å². The van der Waals surface area contributed by atoms with Crippen LogP contribution in [0.1, 0.15) is 25.3 Å². The Bertz CT molecular complexity index is 491. The molecule has 0 saturated heterocycles. The van der Waals surface area contributed by atoms with Crippen LogP contribution in [0.4, 0.5) is 11.4 Å². The third kappa shape index (κ3) is 4.30. The molecule has 20 heavy (non-hydrogen) atoms. The van der Waals surface area contributed by atoms with E-state index >= 15 is 0 Å². The van der Waals surface area contributed by atoms with Crippen molar-refractivity contribution >= 4 is 11.4 Å². The van der Waals surface area contributed by atoms with E-state index in [9.17, 15) is 0 Å². The zero-order valence-corrected chi connectivity index (χ0v) is 12.3. The second kappa shape index (κ2) is 7.59. The molecule has 0 amide bonds. The average Bonchev–Trinajstić information content (AvgIpc) is 2.48. The molecule has 0 fully saturated rings. The summed E-state index contributed by atoms with van der Waals surface area (Å²) in [5.74, 6) is 0. The highest BCUT2D eigenvalue weighted by atomic mass is 15.1. The number of nitrogen functional groups attached to an aromatic ring is 1. The molecule has 2 nitrogen and oxygen atoms in total. The molecule has 0 aliphatic rings. The smallest absolute Gasteiger partial charge is 0.0367 e. The van der Waals surface area contributed by atoms with E-state index in [0.29, 0.717) is 0 Å². The van der Waals surface area contributed by atoms with Crippen LogP contribution < -0.4 is 10.6 Å². The van der Waals surface area contributed by atoms with Crippen LogP contribution in [0.2, 0.25) is 0 Å². The molecule has 0 saturated carbocycles. The fourth-order valence-corrected chi connectivity index (χ4v) is 2.44. The SMILES string of the molecule is CCCN(CCCc1ccccc1)c1ccc(N)cc1. The topological polar surface area (TPSA) is 29.3 Å². The average molecular weight is 268 g/mol. The summed E-state index contributed by atoms with van der Waals surface area (Å²) < 4.78 is 0. The number of hydrogen-bond donors (Lipinski definition) is 1. The van der Waals surface area contributed by atoms with Gasteiger partial charge in [0.2, 0.25) is 0 Å². The Labute approximate surface area is 122 Å². The van der Waals surface area contributed by atoms with E-state index in [2.05, 4.69) is 54.3 Å². The molecule has 0 aromatic heterocycles. The van der Waals surface area contributed by atoms with E-state index in [-0.39, 0.29) is 0 Å². The molecule has 0 heterocycles. The van der Waals surface area contributed by atoms with Gasteiger partial charge in [-0.25, -0.2) is 0 Å². The molecule has 0 aliphatic heterocycles. The number of nitrogens with zero attached hydrogens (tertiary/aromatic N) is 1. The van der Waals surface area contributed by atoms with Gasteiger partial charge < -0.3 is 10.6 Å². The molecule has 0 spiro atoms. The lowest BCUT2D eigenvalue weighted by molar-refractivity contribution is 0.714. The van der Waals surface area contributed by atoms with Gasteiger partial charge in [-0.2, -0.15) is 0 Å². The Balaban J connectivity index is 1.90. The predicted molar refractivity (Wildman–Crippen MR) is 88.1 cm³/mol. The molecule has 0 unspecified atom stereocenters. The highest BCUT2D eigenvalue weighted by Gasteiger charge is 2.05. The number of hydrogen-bond acceptors (Lipinski definition) is 2. The van der Waals surface area contributed by atoms with Gasteiger partial charge in [0.1, 0.15) is 0 Å². The van der Waals surface area contributed by atoms with Crippen LogP contribution in [-0.2, 0) is 6.42 Å². The maximum absolute atomic E-state index is 5.76. The van der Waals surface area contributed by atoms with Crippen LogP contribution >= 0.6 is 0 Å². The third-order valence-corrected chi connectivity index (χ3v) is 3.49. The maximum atomic E-state index is 5.76. The van der Waals surface area contributed by atoms with Crippen LogP contribution in [0.3, 0.4) is 0 Å². The predicted octanol–water partition coefficient (Wildman–Crippen LogP) is 4.12. The van der Waals surface area contributed by atoms with Crippen LogP contribution in [-0.4, -0.2) is 13.1 Å². The number of nitrogens with two attached hydrogens (primary N) is 1. The molecule has 2 aromatic carbocycles. The van der Waals surface area contributed by atoms with Crippen molar-refractivity contribution in [2.24, 2.45) is 0 Å². The zero-order valence-electron chi connectivity index (χ0n) is 12.3. The van der Waals surface area contributed by atoms with E-state index in [1.807, 2.05) is 12.1 Å². The standard InChI is InChI=1S/C18H24N2/c1-2-14-20(18-12-10-17(19)11-13-18)15-6-9-16-7-4-3-5-8-16/h3-5,7-8,10-13H,2,6,9,14-15,19H2,1H3. The Kier molecular flexibility index (Phi) is 5.48. The highest BCUT2D eigenvalue weighted by Crippen LogP contribution is 2.17. The van der Waals surface area contributed by atoms with E-state index in [4.69, 9.17) is 5.73 Å². The minimum atomic E-state index is 0.828. The monoisotopic (exact) mass is 268 g/mol. The molecule has 2 N–H and O–H groups in total. The fourth-order valence-electron chi connectivity index (χ4n) is 2.44. The lowest BCUT2D eigenvalue weighted by Crippen LogP contribution is -2.25. The van der Waals surface area contributed by atoms with Gasteiger partial charge in [0.15, 0.2) is 0 Å². The van der Waals surface area contributed by atoms with E-state index in [1.165, 1.54) is 17.7 Å². The molecular formula is C18H24N2. The molecule has 0 aliphatic carbocycles. The lowest BCUT2D eigenvalue weighted by atomic mass is 10.1. The molecule has 2 rings (SSSR count). The molecule has 0 radical (unpaired) electrons. The lowest BCUT2D eigenvalue weighted by Gasteiger charge is -2.24. The first-order valence-electron chi connectivity index (χ1n) is 7.44. The van der Waals surface area contributed by atoms with Gasteiger partial charge in [-0.1, -0.05) is 37.3 Å². The zero-order chi connectivity index (χ0) is 14.2. The van der Waals surface area contributed by atoms with Crippen LogP contribution in [0.15, 0.2) is 54.6 Å². The summed E-state index contributed by atoms with van der Waals surface area (Å²) >= 11 is 0. The summed E-state index contributed by atoms with van der Waals surface area (Å²) in [6, 6.07) is 18.9. The second-order valence-corrected chi connectivity index (χ2v) is 5.17. The van der Waals surface area contributed by atoms with Gasteiger partial charge in [0.25, 0.3) is 0 Å². The van der Waals surface area contributed by atoms with E-state index in [0.717, 1.165) is 31.6 Å². The van der Waals surface area contributed by atoms with Crippen LogP contribution in [0.25, 0.3) is 0 Å². The minimum absolute atomic E-state index is 0.828. The van der Waals surface area contributed by atoms with Gasteiger partial charge >= 0.3 is 0 Å². The first-order chi connectivity index (χ1) is 9.79. The van der Waals surface area contributed by atoms with Crippen molar-refractivity contribution in [1.82, 2.24) is 0 Å². The summed E-state index contributed by atoms with van der Waals surface area (Å²) in [5.41, 5.74) is 9.28. The van der Waals surface area contributed by atoms with Crippen LogP contribution in [0, 0.1) is 0 Å². The third-order valence-electron chi connectivity index (χ3n) is 3.49. The highest BCUT2D eigenvalue weighted by molar-refractivity contribution is 5.53. The summed E-state index contributed by atoms with van der Waals surface area (Å²) in [7, 11) is 0. The number of anilines is 2. The van der Waals surface area contributed by atoms with Crippen molar-refractivity contribution in [3.05, 3.63) is 60.2 Å². The van der Waals surface area contributed by atoms with Crippen LogP contribution in [0.5, 0.6) is 0 Å². The molecule has 2 heteroatoms. The molecule has 0 atom stereocenters. The Hall–Kier alpha value is -1.96. The van der Waals surface area contributed by atoms with E-state index in [1.54, 1.807) is 0 Å². The molecular weight excluding hydrogens is 244 g/mol. The van der Waals surface area contributed by atoms with Crippen molar-refractivity contribution in [2.75, 3.05) is 23.7 Å². The number of aryl methyl sites for hydroxylation is 1. The van der Waals surface area contributed by atoms with Crippen molar-refractivity contribution in [3.8, 4) is 0 Å². The molecule has 2 aromatic rings. The van der Waals surface area contributed by atoms with Gasteiger partial charge in [-0.05, 0) is 49.1 Å². The Morgan fingerprint density at radius 1 is 0.900 bits per heavy atom. The number of benzene rings is 2. The van der Waals surface area contributed by atoms with E-state index < -0.39 is 0 Å². The Morgan fingerprint density at radius 2 is 1.60 bits per heavy atom. The van der Waals surface area contributed by atoms with Crippen molar-refractivity contribution in [1.29, 1.82) is 0 Å². The second-order valence-electron chi connectivity index (χ2n) is 5.17. The normalized spacial score (nSPS) is 10.4. The van der Waals surface area contributed by atoms with Gasteiger partial charge in [-0.15, -0.1) is 0 Å². The summed E-state index contributed by atoms with van der Waals surface area (Å²) in [5, 5.41) is 0. The van der Waals surface area contributed by atoms with Crippen molar-refractivity contribution < 1.29 is 0 Å². The summed E-state index contributed by atoms with van der Waals surface area (Å²) in [6.45, 7) is 4.41. The number of rotatable bonds is 7. The van der Waals surface area contributed by atoms with Gasteiger partial charge in [-0.3, -0.25) is 0 Å². The maximum Gasteiger partial charge on any atom is 0.0367 e. The molecule has 0 bridgehead atoms. The summed E-state index contributed by atoms with van der Waals surface area (Å²) in [6.07, 6.45) is 3.47. The first kappa shape index (κ1) is 14.4. The van der Waals surface area contributed by atoms with Crippen molar-refractivity contribution in [2.45, 2.75) is 26.2 Å². The quantitative estimate of drug-likeness (QED) is 0.765. The van der Waals surface area contributed by atoms with Crippen molar-refractivity contribution in [3.63, 3.8) is 0 Å². The van der Waals surface area contributed by atoms with Gasteiger partial charge in [0, 0.05) is 24.5 Å². The molecule has 106 valence electrons. The first-order valence-corrected chi connectivity index (χ1v) is 7.44. The largest absolute Gasteiger partial charge is 0.399 e. The summed E-state index contributed by atoms with van der Waals surface area (Å²) in [4.78, 5) is 2.45.